The summed E-state index contributed by atoms with van der Waals surface area (Å²) in [6.45, 7) is 4.91. The molecule has 1 heterocycles. The zero-order valence-electron chi connectivity index (χ0n) is 12.3. The number of nitrogens with two attached hydrogens (primary N) is 1. The Morgan fingerprint density at radius 2 is 2.24 bits per heavy atom. The third-order valence-electron chi connectivity index (χ3n) is 3.00. The van der Waals surface area contributed by atoms with Crippen LogP contribution in [-0.2, 0) is 0 Å². The molecule has 0 unspecified atom stereocenters. The molecule has 0 bridgehead atoms. The van der Waals surface area contributed by atoms with Crippen LogP contribution < -0.4 is 11.1 Å². The molecule has 0 fully saturated rings. The highest BCUT2D eigenvalue weighted by atomic mass is 32.2. The number of guanidine groups is 1. The molecule has 2 rings (SSSR count). The fraction of sp³-hybridized carbons (Fsp3) is 0.333. The van der Waals surface area contributed by atoms with Crippen LogP contribution in [0.5, 0.6) is 0 Å². The highest BCUT2D eigenvalue weighted by Crippen LogP contribution is 2.20. The van der Waals surface area contributed by atoms with Crippen LogP contribution in [0.25, 0.3) is 0 Å². The van der Waals surface area contributed by atoms with Crippen molar-refractivity contribution >= 4 is 34.7 Å². The maximum atomic E-state index is 5.89. The van der Waals surface area contributed by atoms with Gasteiger partial charge in [-0.3, -0.25) is 4.99 Å². The molecule has 0 aliphatic heterocycles. The summed E-state index contributed by atoms with van der Waals surface area (Å²) in [6.07, 6.45) is 2.82. The second-order valence-corrected chi connectivity index (χ2v) is 6.93. The normalized spacial score (nSPS) is 11.6. The van der Waals surface area contributed by atoms with E-state index in [9.17, 15) is 0 Å². The Labute approximate surface area is 133 Å². The van der Waals surface area contributed by atoms with E-state index in [1.165, 1.54) is 11.1 Å². The van der Waals surface area contributed by atoms with E-state index < -0.39 is 0 Å². The van der Waals surface area contributed by atoms with E-state index in [-0.39, 0.29) is 0 Å². The van der Waals surface area contributed by atoms with Crippen molar-refractivity contribution in [3.63, 3.8) is 0 Å². The summed E-state index contributed by atoms with van der Waals surface area (Å²) < 4.78 is 1.11. The van der Waals surface area contributed by atoms with Gasteiger partial charge in [-0.25, -0.2) is 4.98 Å². The van der Waals surface area contributed by atoms with Gasteiger partial charge in [0, 0.05) is 29.6 Å². The largest absolute Gasteiger partial charge is 0.370 e. The average Bonchev–Trinajstić information content (AvgIpc) is 2.96. The molecule has 0 spiro atoms. The molecule has 1 aromatic heterocycles. The number of benzene rings is 1. The molecule has 0 radical (unpaired) electrons. The monoisotopic (exact) mass is 320 g/mol. The summed E-state index contributed by atoms with van der Waals surface area (Å²) in [4.78, 5) is 8.57. The van der Waals surface area contributed by atoms with Crippen molar-refractivity contribution in [3.05, 3.63) is 40.9 Å². The minimum Gasteiger partial charge on any atom is -0.370 e. The van der Waals surface area contributed by atoms with Crippen LogP contribution in [0.1, 0.15) is 17.5 Å². The number of hydrogen-bond donors (Lipinski definition) is 2. The number of aryl methyl sites for hydroxylation is 2. The maximum absolute atomic E-state index is 5.89. The van der Waals surface area contributed by atoms with Gasteiger partial charge in [0.2, 0.25) is 0 Å². The standard InChI is InChI=1S/C15H20N4S2/c1-11-4-5-13(10-12(11)2)19-14(16)17-6-3-8-20-15-18-7-9-21-15/h4-5,7,9-10H,3,6,8H2,1-2H3,(H3,16,17,19). The first-order valence-electron chi connectivity index (χ1n) is 6.81. The topological polar surface area (TPSA) is 63.3 Å². The van der Waals surface area contributed by atoms with Crippen molar-refractivity contribution in [3.8, 4) is 0 Å². The van der Waals surface area contributed by atoms with E-state index in [0.717, 1.165) is 28.7 Å². The predicted molar refractivity (Wildman–Crippen MR) is 93.5 cm³/mol. The van der Waals surface area contributed by atoms with Gasteiger partial charge in [-0.1, -0.05) is 17.8 Å². The lowest BCUT2D eigenvalue weighted by atomic mass is 10.1. The Kier molecular flexibility index (Phi) is 6.07. The summed E-state index contributed by atoms with van der Waals surface area (Å²) in [5.74, 6) is 1.48. The predicted octanol–water partition coefficient (Wildman–Crippen LogP) is 3.67. The Balaban J connectivity index is 1.72. The SMILES string of the molecule is Cc1ccc(NC(N)=NCCCSc2nccs2)cc1C. The van der Waals surface area contributed by atoms with Crippen LogP contribution in [0.15, 0.2) is 39.1 Å². The molecular weight excluding hydrogens is 300 g/mol. The van der Waals surface area contributed by atoms with E-state index in [0.29, 0.717) is 5.96 Å². The van der Waals surface area contributed by atoms with Crippen molar-refractivity contribution in [2.45, 2.75) is 24.6 Å². The highest BCUT2D eigenvalue weighted by molar-refractivity contribution is 8.00. The fourth-order valence-corrected chi connectivity index (χ4v) is 3.34. The molecule has 2 aromatic rings. The third kappa shape index (κ3) is 5.40. The molecule has 0 amide bonds. The summed E-state index contributed by atoms with van der Waals surface area (Å²) in [6, 6.07) is 6.18. The molecule has 6 heteroatoms. The lowest BCUT2D eigenvalue weighted by Gasteiger charge is -2.08. The highest BCUT2D eigenvalue weighted by Gasteiger charge is 1.99. The molecule has 3 N–H and O–H groups in total. The van der Waals surface area contributed by atoms with Crippen LogP contribution >= 0.6 is 23.1 Å². The van der Waals surface area contributed by atoms with Crippen LogP contribution in [-0.4, -0.2) is 23.2 Å². The maximum Gasteiger partial charge on any atom is 0.193 e. The first kappa shape index (κ1) is 15.9. The number of aromatic nitrogens is 1. The van der Waals surface area contributed by atoms with Crippen molar-refractivity contribution in [1.82, 2.24) is 4.98 Å². The second kappa shape index (κ2) is 8.05. The van der Waals surface area contributed by atoms with E-state index in [2.05, 4.69) is 41.3 Å². The van der Waals surface area contributed by atoms with Gasteiger partial charge in [0.15, 0.2) is 5.96 Å². The number of nitrogens with zero attached hydrogens (tertiary/aromatic N) is 2. The van der Waals surface area contributed by atoms with Crippen molar-refractivity contribution in [2.75, 3.05) is 17.6 Å². The number of anilines is 1. The number of aliphatic imine (C=N–C) groups is 1. The Morgan fingerprint density at radius 1 is 1.38 bits per heavy atom. The quantitative estimate of drug-likeness (QED) is 0.369. The summed E-state index contributed by atoms with van der Waals surface area (Å²) >= 11 is 3.43. The van der Waals surface area contributed by atoms with Crippen LogP contribution in [0.4, 0.5) is 5.69 Å². The van der Waals surface area contributed by atoms with Gasteiger partial charge < -0.3 is 11.1 Å². The lowest BCUT2D eigenvalue weighted by Crippen LogP contribution is -2.23. The fourth-order valence-electron chi connectivity index (χ4n) is 1.71. The first-order valence-corrected chi connectivity index (χ1v) is 8.68. The molecule has 0 saturated heterocycles. The third-order valence-corrected chi connectivity index (χ3v) is 5.05. The number of nitrogens with one attached hydrogen (secondary N) is 1. The summed E-state index contributed by atoms with van der Waals surface area (Å²) in [5.41, 5.74) is 9.39. The van der Waals surface area contributed by atoms with Crippen molar-refractivity contribution in [2.24, 2.45) is 10.7 Å². The van der Waals surface area contributed by atoms with Crippen LogP contribution in [0.2, 0.25) is 0 Å². The van der Waals surface area contributed by atoms with E-state index in [1.54, 1.807) is 23.1 Å². The van der Waals surface area contributed by atoms with Crippen LogP contribution in [0, 0.1) is 13.8 Å². The van der Waals surface area contributed by atoms with Gasteiger partial charge in [0.25, 0.3) is 0 Å². The van der Waals surface area contributed by atoms with E-state index >= 15 is 0 Å². The molecule has 4 nitrogen and oxygen atoms in total. The molecule has 0 atom stereocenters. The van der Waals surface area contributed by atoms with Crippen molar-refractivity contribution < 1.29 is 0 Å². The Morgan fingerprint density at radius 3 is 2.95 bits per heavy atom. The molecule has 0 aliphatic carbocycles. The zero-order chi connectivity index (χ0) is 15.1. The molecule has 0 saturated carbocycles. The molecule has 0 aliphatic rings. The number of thiazole rings is 1. The van der Waals surface area contributed by atoms with Gasteiger partial charge in [-0.2, -0.15) is 0 Å². The molecule has 112 valence electrons. The number of thioether (sulfide) groups is 1. The second-order valence-electron chi connectivity index (χ2n) is 4.69. The minimum atomic E-state index is 0.470. The molecule has 21 heavy (non-hydrogen) atoms. The average molecular weight is 320 g/mol. The summed E-state index contributed by atoms with van der Waals surface area (Å²) in [5, 5.41) is 5.12. The number of hydrogen-bond acceptors (Lipinski definition) is 4. The number of rotatable bonds is 6. The van der Waals surface area contributed by atoms with E-state index in [1.807, 2.05) is 17.6 Å². The summed E-state index contributed by atoms with van der Waals surface area (Å²) in [7, 11) is 0. The van der Waals surface area contributed by atoms with Crippen molar-refractivity contribution in [1.29, 1.82) is 0 Å². The minimum absolute atomic E-state index is 0.470. The van der Waals surface area contributed by atoms with Gasteiger partial charge in [0.1, 0.15) is 4.34 Å². The van der Waals surface area contributed by atoms with Gasteiger partial charge in [-0.15, -0.1) is 11.3 Å². The molecule has 1 aromatic carbocycles. The van der Waals surface area contributed by atoms with E-state index in [4.69, 9.17) is 5.73 Å². The van der Waals surface area contributed by atoms with Gasteiger partial charge >= 0.3 is 0 Å². The molecular formula is C15H20N4S2. The zero-order valence-corrected chi connectivity index (χ0v) is 13.9. The lowest BCUT2D eigenvalue weighted by molar-refractivity contribution is 0.939. The van der Waals surface area contributed by atoms with Gasteiger partial charge in [-0.05, 0) is 43.5 Å². The smallest absolute Gasteiger partial charge is 0.193 e. The van der Waals surface area contributed by atoms with Gasteiger partial charge in [0.05, 0.1) is 0 Å². The Bertz CT molecular complexity index is 594. The van der Waals surface area contributed by atoms with Crippen LogP contribution in [0.3, 0.4) is 0 Å². The first-order chi connectivity index (χ1) is 10.1. The Hall–Kier alpha value is -1.53.